The Kier molecular flexibility index (Phi) is 5.12. The van der Waals surface area contributed by atoms with E-state index in [0.717, 1.165) is 0 Å². The summed E-state index contributed by atoms with van der Waals surface area (Å²) < 4.78 is 16.1. The van der Waals surface area contributed by atoms with Gasteiger partial charge in [-0.25, -0.2) is 0 Å². The molecule has 2 N–H and O–H groups in total. The number of hydrogen-bond acceptors (Lipinski definition) is 5. The van der Waals surface area contributed by atoms with Crippen molar-refractivity contribution in [1.82, 2.24) is 0 Å². The molecule has 0 saturated carbocycles. The SMILES string of the molecule is COc1cc([C@@H](O)[C@H](C)Oc2ccccc2OC)ccc1O. The number of phenols is 1. The third kappa shape index (κ3) is 3.43. The van der Waals surface area contributed by atoms with E-state index in [-0.39, 0.29) is 5.75 Å². The lowest BCUT2D eigenvalue weighted by Crippen LogP contribution is -2.22. The number of ether oxygens (including phenoxy) is 3. The Hall–Kier alpha value is -2.40. The fourth-order valence-electron chi connectivity index (χ4n) is 2.13. The van der Waals surface area contributed by atoms with Crippen molar-refractivity contribution in [3.63, 3.8) is 0 Å². The van der Waals surface area contributed by atoms with Gasteiger partial charge in [0.2, 0.25) is 0 Å². The second-order valence-corrected chi connectivity index (χ2v) is 4.85. The van der Waals surface area contributed by atoms with Crippen LogP contribution in [0, 0.1) is 0 Å². The van der Waals surface area contributed by atoms with Crippen molar-refractivity contribution in [3.8, 4) is 23.0 Å². The number of aliphatic hydroxyl groups excluding tert-OH is 1. The van der Waals surface area contributed by atoms with Gasteiger partial charge >= 0.3 is 0 Å². The van der Waals surface area contributed by atoms with Gasteiger partial charge in [-0.3, -0.25) is 0 Å². The number of aliphatic hydroxyl groups is 1. The first-order valence-corrected chi connectivity index (χ1v) is 6.91. The number of rotatable bonds is 6. The molecule has 0 fully saturated rings. The zero-order valence-corrected chi connectivity index (χ0v) is 12.8. The highest BCUT2D eigenvalue weighted by molar-refractivity contribution is 5.43. The average Bonchev–Trinajstić information content (AvgIpc) is 2.55. The molecule has 2 aromatic carbocycles. The summed E-state index contributed by atoms with van der Waals surface area (Å²) in [4.78, 5) is 0. The van der Waals surface area contributed by atoms with Crippen molar-refractivity contribution in [2.24, 2.45) is 0 Å². The number of benzene rings is 2. The van der Waals surface area contributed by atoms with Gasteiger partial charge < -0.3 is 24.4 Å². The summed E-state index contributed by atoms with van der Waals surface area (Å²) in [7, 11) is 3.02. The summed E-state index contributed by atoms with van der Waals surface area (Å²) in [5.74, 6) is 1.49. The van der Waals surface area contributed by atoms with Crippen molar-refractivity contribution in [2.45, 2.75) is 19.1 Å². The summed E-state index contributed by atoms with van der Waals surface area (Å²) in [6.45, 7) is 1.76. The normalized spacial score (nSPS) is 13.3. The first-order valence-electron chi connectivity index (χ1n) is 6.91. The molecular weight excluding hydrogens is 284 g/mol. The van der Waals surface area contributed by atoms with Crippen LogP contribution in [0.2, 0.25) is 0 Å². The zero-order chi connectivity index (χ0) is 16.1. The second-order valence-electron chi connectivity index (χ2n) is 4.85. The van der Waals surface area contributed by atoms with Gasteiger partial charge in [0.05, 0.1) is 14.2 Å². The van der Waals surface area contributed by atoms with E-state index in [9.17, 15) is 10.2 Å². The fourth-order valence-corrected chi connectivity index (χ4v) is 2.13. The van der Waals surface area contributed by atoms with Gasteiger partial charge in [-0.2, -0.15) is 0 Å². The van der Waals surface area contributed by atoms with Gasteiger partial charge in [-0.1, -0.05) is 18.2 Å². The molecule has 0 amide bonds. The van der Waals surface area contributed by atoms with E-state index in [4.69, 9.17) is 14.2 Å². The Morgan fingerprint density at radius 3 is 2.18 bits per heavy atom. The largest absolute Gasteiger partial charge is 0.504 e. The highest BCUT2D eigenvalue weighted by Crippen LogP contribution is 2.33. The van der Waals surface area contributed by atoms with Crippen molar-refractivity contribution < 1.29 is 24.4 Å². The maximum atomic E-state index is 10.4. The number of hydrogen-bond donors (Lipinski definition) is 2. The fraction of sp³-hybridized carbons (Fsp3) is 0.294. The van der Waals surface area contributed by atoms with Gasteiger partial charge in [-0.05, 0) is 36.8 Å². The number of aromatic hydroxyl groups is 1. The van der Waals surface area contributed by atoms with E-state index < -0.39 is 12.2 Å². The highest BCUT2D eigenvalue weighted by Gasteiger charge is 2.20. The van der Waals surface area contributed by atoms with Crippen LogP contribution in [0.3, 0.4) is 0 Å². The molecular formula is C17H20O5. The van der Waals surface area contributed by atoms with Crippen LogP contribution in [0.15, 0.2) is 42.5 Å². The number of methoxy groups -OCH3 is 2. The molecule has 0 aromatic heterocycles. The molecule has 0 aliphatic carbocycles. The summed E-state index contributed by atoms with van der Waals surface area (Å²) in [6, 6.07) is 11.9. The van der Waals surface area contributed by atoms with Crippen molar-refractivity contribution in [2.75, 3.05) is 14.2 Å². The first-order chi connectivity index (χ1) is 10.6. The molecule has 2 rings (SSSR count). The molecule has 0 unspecified atom stereocenters. The topological polar surface area (TPSA) is 68.2 Å². The number of para-hydroxylation sites is 2. The molecule has 118 valence electrons. The van der Waals surface area contributed by atoms with Gasteiger partial charge in [0.15, 0.2) is 23.0 Å². The monoisotopic (exact) mass is 304 g/mol. The second kappa shape index (κ2) is 7.04. The van der Waals surface area contributed by atoms with Crippen molar-refractivity contribution >= 4 is 0 Å². The quantitative estimate of drug-likeness (QED) is 0.859. The van der Waals surface area contributed by atoms with Crippen LogP contribution in [0.25, 0.3) is 0 Å². The maximum absolute atomic E-state index is 10.4. The van der Waals surface area contributed by atoms with Crippen LogP contribution in [-0.2, 0) is 0 Å². The summed E-state index contributed by atoms with van der Waals surface area (Å²) in [5, 5.41) is 20.0. The molecule has 0 radical (unpaired) electrons. The number of phenolic OH excluding ortho intramolecular Hbond substituents is 1. The van der Waals surface area contributed by atoms with Crippen LogP contribution in [0.1, 0.15) is 18.6 Å². The predicted molar refractivity (Wildman–Crippen MR) is 82.7 cm³/mol. The lowest BCUT2D eigenvalue weighted by atomic mass is 10.0. The van der Waals surface area contributed by atoms with E-state index in [0.29, 0.717) is 22.8 Å². The standard InChI is InChI=1S/C17H20O5/c1-11(22-15-7-5-4-6-14(15)20-2)17(19)12-8-9-13(18)16(10-12)21-3/h4-11,17-19H,1-3H3/t11-,17-/m0/s1. The van der Waals surface area contributed by atoms with E-state index in [1.165, 1.54) is 13.2 Å². The molecule has 0 spiro atoms. The Morgan fingerprint density at radius 1 is 0.909 bits per heavy atom. The van der Waals surface area contributed by atoms with Crippen molar-refractivity contribution in [1.29, 1.82) is 0 Å². The molecule has 22 heavy (non-hydrogen) atoms. The van der Waals surface area contributed by atoms with Gasteiger partial charge in [0.25, 0.3) is 0 Å². The third-order valence-electron chi connectivity index (χ3n) is 3.37. The molecule has 5 heteroatoms. The maximum Gasteiger partial charge on any atom is 0.161 e. The molecule has 0 aliphatic rings. The van der Waals surface area contributed by atoms with E-state index in [1.54, 1.807) is 38.3 Å². The summed E-state index contributed by atoms with van der Waals surface area (Å²) in [6.07, 6.45) is -1.38. The van der Waals surface area contributed by atoms with Crippen LogP contribution in [0.4, 0.5) is 0 Å². The molecule has 2 atom stereocenters. The minimum atomic E-state index is -0.876. The summed E-state index contributed by atoms with van der Waals surface area (Å²) in [5.41, 5.74) is 0.594. The molecule has 0 heterocycles. The smallest absolute Gasteiger partial charge is 0.161 e. The van der Waals surface area contributed by atoms with E-state index >= 15 is 0 Å². The third-order valence-corrected chi connectivity index (χ3v) is 3.37. The Labute approximate surface area is 129 Å². The zero-order valence-electron chi connectivity index (χ0n) is 12.8. The summed E-state index contributed by atoms with van der Waals surface area (Å²) >= 11 is 0. The van der Waals surface area contributed by atoms with Crippen LogP contribution in [-0.4, -0.2) is 30.5 Å². The Balaban J connectivity index is 2.16. The molecule has 0 saturated heterocycles. The van der Waals surface area contributed by atoms with Crippen LogP contribution >= 0.6 is 0 Å². The Bertz CT molecular complexity index is 626. The van der Waals surface area contributed by atoms with Gasteiger partial charge in [0.1, 0.15) is 12.2 Å². The van der Waals surface area contributed by atoms with E-state index in [1.807, 2.05) is 12.1 Å². The lowest BCUT2D eigenvalue weighted by Gasteiger charge is -2.22. The lowest BCUT2D eigenvalue weighted by molar-refractivity contribution is 0.0450. The minimum Gasteiger partial charge on any atom is -0.504 e. The van der Waals surface area contributed by atoms with Crippen LogP contribution < -0.4 is 14.2 Å². The van der Waals surface area contributed by atoms with Crippen LogP contribution in [0.5, 0.6) is 23.0 Å². The van der Waals surface area contributed by atoms with Gasteiger partial charge in [-0.15, -0.1) is 0 Å². The molecule has 5 nitrogen and oxygen atoms in total. The Morgan fingerprint density at radius 2 is 1.55 bits per heavy atom. The van der Waals surface area contributed by atoms with E-state index in [2.05, 4.69) is 0 Å². The predicted octanol–water partition coefficient (Wildman–Crippen LogP) is 2.91. The first kappa shape index (κ1) is 16.0. The average molecular weight is 304 g/mol. The van der Waals surface area contributed by atoms with Gasteiger partial charge in [0, 0.05) is 0 Å². The van der Waals surface area contributed by atoms with Crippen molar-refractivity contribution in [3.05, 3.63) is 48.0 Å². The highest BCUT2D eigenvalue weighted by atomic mass is 16.5. The molecule has 2 aromatic rings. The molecule has 0 aliphatic heterocycles. The molecule has 0 bridgehead atoms. The minimum absolute atomic E-state index is 0.0248.